The first-order chi connectivity index (χ1) is 17.8. The zero-order valence-electron chi connectivity index (χ0n) is 21.2. The highest BCUT2D eigenvalue weighted by molar-refractivity contribution is 5.88. The highest BCUT2D eigenvalue weighted by Gasteiger charge is 2.34. The van der Waals surface area contributed by atoms with Crippen LogP contribution in [-0.4, -0.2) is 66.5 Å². The van der Waals surface area contributed by atoms with E-state index in [1.165, 1.54) is 10.6 Å². The van der Waals surface area contributed by atoms with Crippen molar-refractivity contribution in [2.24, 2.45) is 0 Å². The van der Waals surface area contributed by atoms with E-state index in [2.05, 4.69) is 15.6 Å². The molecule has 10 heteroatoms. The summed E-state index contributed by atoms with van der Waals surface area (Å²) in [5.41, 5.74) is 0.570. The largest absolute Gasteiger partial charge is 0.378 e. The molecule has 8 nitrogen and oxygen atoms in total. The first-order valence-corrected chi connectivity index (χ1v) is 12.2. The summed E-state index contributed by atoms with van der Waals surface area (Å²) in [4.78, 5) is 31.4. The number of aldehydes is 1. The molecule has 0 spiro atoms. The van der Waals surface area contributed by atoms with Crippen molar-refractivity contribution in [2.75, 3.05) is 45.2 Å². The smallest absolute Gasteiger partial charge is 0.232 e. The van der Waals surface area contributed by atoms with E-state index in [1.54, 1.807) is 19.2 Å². The fourth-order valence-corrected chi connectivity index (χ4v) is 4.42. The highest BCUT2D eigenvalue weighted by Crippen LogP contribution is 2.32. The van der Waals surface area contributed by atoms with E-state index in [-0.39, 0.29) is 35.4 Å². The normalized spacial score (nSPS) is 14.0. The maximum Gasteiger partial charge on any atom is 0.232 e. The van der Waals surface area contributed by atoms with Gasteiger partial charge in [0.25, 0.3) is 0 Å². The molecule has 196 valence electrons. The number of carbonyl (C=O) groups excluding carboxylic acids is 2. The summed E-state index contributed by atoms with van der Waals surface area (Å²) >= 11 is 0. The second kappa shape index (κ2) is 11.2. The minimum Gasteiger partial charge on any atom is -0.378 e. The number of aromatic nitrogens is 2. The molecule has 1 saturated heterocycles. The number of benzene rings is 2. The molecule has 0 saturated carbocycles. The quantitative estimate of drug-likeness (QED) is 0.426. The molecule has 4 rings (SSSR count). The van der Waals surface area contributed by atoms with Crippen molar-refractivity contribution >= 4 is 23.7 Å². The van der Waals surface area contributed by atoms with Crippen LogP contribution >= 0.6 is 0 Å². The summed E-state index contributed by atoms with van der Waals surface area (Å²) in [6.45, 7) is 6.70. The van der Waals surface area contributed by atoms with E-state index >= 15 is 0 Å². The Labute approximate surface area is 214 Å². The predicted molar refractivity (Wildman–Crippen MR) is 137 cm³/mol. The third-order valence-corrected chi connectivity index (χ3v) is 6.59. The molecule has 0 aliphatic carbocycles. The summed E-state index contributed by atoms with van der Waals surface area (Å²) in [6, 6.07) is 10.8. The number of rotatable bonds is 9. The molecule has 0 unspecified atom stereocenters. The highest BCUT2D eigenvalue weighted by atomic mass is 19.1. The Kier molecular flexibility index (Phi) is 7.99. The van der Waals surface area contributed by atoms with Gasteiger partial charge in [0.2, 0.25) is 5.91 Å². The molecule has 37 heavy (non-hydrogen) atoms. The molecule has 1 aliphatic heterocycles. The van der Waals surface area contributed by atoms with Gasteiger partial charge in [-0.15, -0.1) is 0 Å². The van der Waals surface area contributed by atoms with Crippen molar-refractivity contribution in [3.05, 3.63) is 65.4 Å². The van der Waals surface area contributed by atoms with E-state index < -0.39 is 17.0 Å². The molecular formula is C27H31F2N5O3. The average molecular weight is 512 g/mol. The van der Waals surface area contributed by atoms with Crippen LogP contribution in [0.2, 0.25) is 0 Å². The first kappa shape index (κ1) is 26.4. The van der Waals surface area contributed by atoms with Crippen molar-refractivity contribution < 1.29 is 23.1 Å². The molecule has 3 aromatic rings. The third kappa shape index (κ3) is 5.40. The number of hydrogen-bond acceptors (Lipinski definition) is 6. The Hall–Kier alpha value is -3.63. The maximum atomic E-state index is 14.6. The average Bonchev–Trinajstić information content (AvgIpc) is 3.23. The first-order valence-electron chi connectivity index (χ1n) is 12.2. The number of hydrogen-bond donors (Lipinski definition) is 2. The Morgan fingerprint density at radius 3 is 2.35 bits per heavy atom. The van der Waals surface area contributed by atoms with E-state index in [0.717, 1.165) is 17.7 Å². The molecular weight excluding hydrogens is 480 g/mol. The van der Waals surface area contributed by atoms with Gasteiger partial charge in [-0.2, -0.15) is 0 Å². The molecule has 1 aliphatic rings. The summed E-state index contributed by atoms with van der Waals surface area (Å²) in [5, 5.41) is 6.08. The van der Waals surface area contributed by atoms with Crippen LogP contribution in [0.5, 0.6) is 0 Å². The van der Waals surface area contributed by atoms with Gasteiger partial charge >= 0.3 is 0 Å². The second-order valence-electron chi connectivity index (χ2n) is 9.37. The van der Waals surface area contributed by atoms with Gasteiger partial charge in [0.15, 0.2) is 12.1 Å². The topological polar surface area (TPSA) is 88.5 Å². The number of ether oxygens (including phenoxy) is 1. The van der Waals surface area contributed by atoms with Gasteiger partial charge in [-0.3, -0.25) is 9.59 Å². The SMILES string of the molecule is CNCCn1c(-c2c(F)cccc2F)nc(Nc2ccc(C(C)(C)C(=O)N3CCOCC3)cc2)c1C=O. The summed E-state index contributed by atoms with van der Waals surface area (Å²) in [7, 11) is 1.74. The van der Waals surface area contributed by atoms with Gasteiger partial charge in [0.05, 0.1) is 24.2 Å². The van der Waals surface area contributed by atoms with Gasteiger partial charge in [-0.25, -0.2) is 13.8 Å². The van der Waals surface area contributed by atoms with Crippen molar-refractivity contribution in [3.8, 4) is 11.4 Å². The van der Waals surface area contributed by atoms with E-state index in [9.17, 15) is 18.4 Å². The Morgan fingerprint density at radius 2 is 1.76 bits per heavy atom. The molecule has 1 fully saturated rings. The number of likely N-dealkylation sites (N-methyl/N-ethyl adjacent to an activating group) is 1. The summed E-state index contributed by atoms with van der Waals surface area (Å²) in [6.07, 6.45) is 0.617. The minimum atomic E-state index is -0.767. The van der Waals surface area contributed by atoms with Crippen molar-refractivity contribution in [1.29, 1.82) is 0 Å². The van der Waals surface area contributed by atoms with Crippen LogP contribution < -0.4 is 10.6 Å². The monoisotopic (exact) mass is 511 g/mol. The van der Waals surface area contributed by atoms with Crippen LogP contribution in [0, 0.1) is 11.6 Å². The van der Waals surface area contributed by atoms with Gasteiger partial charge in [0, 0.05) is 31.9 Å². The molecule has 1 amide bonds. The molecule has 1 aromatic heterocycles. The fraction of sp³-hybridized carbons (Fsp3) is 0.370. The van der Waals surface area contributed by atoms with Crippen LogP contribution in [0.3, 0.4) is 0 Å². The second-order valence-corrected chi connectivity index (χ2v) is 9.37. The summed E-state index contributed by atoms with van der Waals surface area (Å²) in [5.74, 6) is -1.31. The molecule has 2 heterocycles. The maximum absolute atomic E-state index is 14.6. The molecule has 0 bridgehead atoms. The van der Waals surface area contributed by atoms with Crippen LogP contribution in [-0.2, 0) is 21.5 Å². The lowest BCUT2D eigenvalue weighted by atomic mass is 9.83. The van der Waals surface area contributed by atoms with Crippen molar-refractivity contribution in [3.63, 3.8) is 0 Å². The van der Waals surface area contributed by atoms with E-state index in [1.807, 2.05) is 30.9 Å². The number of anilines is 2. The van der Waals surface area contributed by atoms with Gasteiger partial charge < -0.3 is 24.8 Å². The number of halogens is 2. The Bertz CT molecular complexity index is 1250. The number of morpholine rings is 1. The number of amides is 1. The standard InChI is InChI=1S/C27H31F2N5O3/c1-27(2,26(36)33-13-15-37-16-14-33)18-7-9-19(10-8-18)31-24-22(17-35)34(12-11-30-3)25(32-24)23-20(28)5-4-6-21(23)29/h4-10,17,30-31H,11-16H2,1-3H3. The molecule has 0 atom stereocenters. The number of imidazole rings is 1. The van der Waals surface area contributed by atoms with Gasteiger partial charge in [-0.05, 0) is 50.7 Å². The Morgan fingerprint density at radius 1 is 1.11 bits per heavy atom. The third-order valence-electron chi connectivity index (χ3n) is 6.59. The molecule has 2 aromatic carbocycles. The Balaban J connectivity index is 1.64. The van der Waals surface area contributed by atoms with E-state index in [4.69, 9.17) is 4.74 Å². The summed E-state index contributed by atoms with van der Waals surface area (Å²) < 4.78 is 36.1. The van der Waals surface area contributed by atoms with Gasteiger partial charge in [0.1, 0.15) is 23.2 Å². The molecule has 0 radical (unpaired) electrons. The lowest BCUT2D eigenvalue weighted by Gasteiger charge is -2.34. The van der Waals surface area contributed by atoms with Crippen molar-refractivity contribution in [2.45, 2.75) is 25.8 Å². The lowest BCUT2D eigenvalue weighted by molar-refractivity contribution is -0.140. The zero-order chi connectivity index (χ0) is 26.6. The minimum absolute atomic E-state index is 0.0179. The van der Waals surface area contributed by atoms with Crippen LogP contribution in [0.25, 0.3) is 11.4 Å². The van der Waals surface area contributed by atoms with Crippen molar-refractivity contribution in [1.82, 2.24) is 19.8 Å². The van der Waals surface area contributed by atoms with Crippen LogP contribution in [0.4, 0.5) is 20.3 Å². The fourth-order valence-electron chi connectivity index (χ4n) is 4.42. The number of nitrogens with one attached hydrogen (secondary N) is 2. The zero-order valence-corrected chi connectivity index (χ0v) is 21.2. The van der Waals surface area contributed by atoms with Crippen LogP contribution in [0.15, 0.2) is 42.5 Å². The van der Waals surface area contributed by atoms with E-state index in [0.29, 0.717) is 44.8 Å². The number of carbonyl (C=O) groups is 2. The van der Waals surface area contributed by atoms with Crippen LogP contribution in [0.1, 0.15) is 29.9 Å². The predicted octanol–water partition coefficient (Wildman–Crippen LogP) is 3.74. The lowest BCUT2D eigenvalue weighted by Crippen LogP contribution is -2.48. The molecule has 2 N–H and O–H groups in total. The number of nitrogens with zero attached hydrogens (tertiary/aromatic N) is 3. The van der Waals surface area contributed by atoms with Gasteiger partial charge in [-0.1, -0.05) is 18.2 Å².